The van der Waals surface area contributed by atoms with Crippen molar-refractivity contribution < 1.29 is 4.79 Å². The molecular formula is C17H19N3OS. The summed E-state index contributed by atoms with van der Waals surface area (Å²) in [6, 6.07) is 5.88. The number of hydrogen-bond donors (Lipinski definition) is 1. The number of nitrogens with one attached hydrogen (secondary N) is 1. The van der Waals surface area contributed by atoms with Crippen LogP contribution in [0.15, 0.2) is 24.4 Å². The van der Waals surface area contributed by atoms with Crippen LogP contribution in [0.3, 0.4) is 0 Å². The Hall–Kier alpha value is -2.14. The van der Waals surface area contributed by atoms with E-state index in [-0.39, 0.29) is 5.91 Å². The normalized spacial score (nSPS) is 11.1. The van der Waals surface area contributed by atoms with Crippen LogP contribution in [-0.4, -0.2) is 15.5 Å². The molecule has 1 N–H and O–H groups in total. The molecule has 5 heteroatoms. The smallest absolute Gasteiger partial charge is 0.257 e. The summed E-state index contributed by atoms with van der Waals surface area (Å²) < 4.78 is 2.27. The molecular weight excluding hydrogens is 294 g/mol. The maximum absolute atomic E-state index is 12.4. The third-order valence-electron chi connectivity index (χ3n) is 4.06. The van der Waals surface area contributed by atoms with Crippen LogP contribution >= 0.6 is 11.3 Å². The Balaban J connectivity index is 1.98. The molecule has 0 fully saturated rings. The number of thiazole rings is 1. The molecule has 0 saturated heterocycles. The van der Waals surface area contributed by atoms with Gasteiger partial charge in [0, 0.05) is 39.8 Å². The molecule has 0 saturated carbocycles. The van der Waals surface area contributed by atoms with Crippen molar-refractivity contribution in [1.82, 2.24) is 9.55 Å². The second-order valence-corrected chi connectivity index (χ2v) is 6.65. The molecule has 4 nitrogen and oxygen atoms in total. The van der Waals surface area contributed by atoms with E-state index in [1.165, 1.54) is 28.1 Å². The monoisotopic (exact) mass is 313 g/mol. The van der Waals surface area contributed by atoms with Gasteiger partial charge in [-0.05, 0) is 51.5 Å². The number of hydrogen-bond acceptors (Lipinski definition) is 3. The summed E-state index contributed by atoms with van der Waals surface area (Å²) in [6.45, 7) is 9.27. The van der Waals surface area contributed by atoms with Gasteiger partial charge in [0.1, 0.15) is 0 Å². The van der Waals surface area contributed by atoms with Gasteiger partial charge in [0.15, 0.2) is 5.13 Å². The lowest BCUT2D eigenvalue weighted by Crippen LogP contribution is -2.11. The average Bonchev–Trinajstić information content (AvgIpc) is 3.01. The SMILES string of the molecule is CCn1c(C)c(C)c2cc(C(=O)Nc3ncc(C)s3)ccc21. The van der Waals surface area contributed by atoms with Crippen LogP contribution in [0.25, 0.3) is 10.9 Å². The largest absolute Gasteiger partial charge is 0.345 e. The minimum Gasteiger partial charge on any atom is -0.345 e. The first-order chi connectivity index (χ1) is 10.5. The number of fused-ring (bicyclic) bond motifs is 1. The fourth-order valence-electron chi connectivity index (χ4n) is 2.78. The minimum absolute atomic E-state index is 0.113. The first kappa shape index (κ1) is 14.8. The van der Waals surface area contributed by atoms with E-state index in [0.717, 1.165) is 16.8 Å². The standard InChI is InChI=1S/C17H19N3OS/c1-5-20-12(4)11(3)14-8-13(6-7-15(14)20)16(21)19-17-18-9-10(2)22-17/h6-9H,5H2,1-4H3,(H,18,19,21). The van der Waals surface area contributed by atoms with Gasteiger partial charge in [-0.1, -0.05) is 0 Å². The summed E-state index contributed by atoms with van der Waals surface area (Å²) in [5.74, 6) is -0.113. The van der Waals surface area contributed by atoms with Crippen LogP contribution in [0.2, 0.25) is 0 Å². The van der Waals surface area contributed by atoms with Crippen LogP contribution in [-0.2, 0) is 6.54 Å². The Bertz CT molecular complexity index is 860. The number of nitrogens with zero attached hydrogens (tertiary/aromatic N) is 2. The molecule has 1 amide bonds. The lowest BCUT2D eigenvalue weighted by molar-refractivity contribution is 0.102. The Labute approximate surface area is 133 Å². The number of anilines is 1. The predicted octanol–water partition coefficient (Wildman–Crippen LogP) is 4.30. The molecule has 1 aromatic carbocycles. The molecule has 2 aromatic heterocycles. The second-order valence-electron chi connectivity index (χ2n) is 5.42. The first-order valence-corrected chi connectivity index (χ1v) is 8.16. The van der Waals surface area contributed by atoms with E-state index in [9.17, 15) is 4.79 Å². The Morgan fingerprint density at radius 2 is 2.09 bits per heavy atom. The van der Waals surface area contributed by atoms with E-state index in [4.69, 9.17) is 0 Å². The number of carbonyl (C=O) groups is 1. The van der Waals surface area contributed by atoms with E-state index in [0.29, 0.717) is 10.7 Å². The van der Waals surface area contributed by atoms with Gasteiger partial charge in [0.05, 0.1) is 0 Å². The molecule has 114 valence electrons. The average molecular weight is 313 g/mol. The van der Waals surface area contributed by atoms with E-state index >= 15 is 0 Å². The summed E-state index contributed by atoms with van der Waals surface area (Å²) in [4.78, 5) is 17.6. The molecule has 0 aliphatic carbocycles. The Morgan fingerprint density at radius 3 is 2.73 bits per heavy atom. The van der Waals surface area contributed by atoms with Crippen LogP contribution in [0, 0.1) is 20.8 Å². The highest BCUT2D eigenvalue weighted by Crippen LogP contribution is 2.26. The number of benzene rings is 1. The molecule has 2 heterocycles. The fourth-order valence-corrected chi connectivity index (χ4v) is 3.44. The lowest BCUT2D eigenvalue weighted by atomic mass is 10.1. The summed E-state index contributed by atoms with van der Waals surface area (Å²) in [6.07, 6.45) is 1.76. The van der Waals surface area contributed by atoms with Crippen molar-refractivity contribution in [3.63, 3.8) is 0 Å². The molecule has 0 unspecified atom stereocenters. The van der Waals surface area contributed by atoms with Gasteiger partial charge in [0.25, 0.3) is 5.91 Å². The zero-order valence-electron chi connectivity index (χ0n) is 13.2. The maximum atomic E-state index is 12.4. The highest BCUT2D eigenvalue weighted by Gasteiger charge is 2.14. The van der Waals surface area contributed by atoms with Gasteiger partial charge < -0.3 is 4.57 Å². The van der Waals surface area contributed by atoms with Gasteiger partial charge in [-0.2, -0.15) is 0 Å². The molecule has 3 rings (SSSR count). The summed E-state index contributed by atoms with van der Waals surface area (Å²) in [7, 11) is 0. The van der Waals surface area contributed by atoms with Gasteiger partial charge in [0.2, 0.25) is 0 Å². The van der Waals surface area contributed by atoms with Gasteiger partial charge in [-0.15, -0.1) is 11.3 Å². The van der Waals surface area contributed by atoms with Crippen molar-refractivity contribution in [3.8, 4) is 0 Å². The third-order valence-corrected chi connectivity index (χ3v) is 4.89. The first-order valence-electron chi connectivity index (χ1n) is 7.34. The molecule has 22 heavy (non-hydrogen) atoms. The molecule has 0 spiro atoms. The topological polar surface area (TPSA) is 46.9 Å². The fraction of sp³-hybridized carbons (Fsp3) is 0.294. The Morgan fingerprint density at radius 1 is 1.32 bits per heavy atom. The second kappa shape index (κ2) is 5.57. The minimum atomic E-state index is -0.113. The molecule has 3 aromatic rings. The zero-order chi connectivity index (χ0) is 15.9. The number of aromatic nitrogens is 2. The van der Waals surface area contributed by atoms with Crippen molar-refractivity contribution in [2.45, 2.75) is 34.2 Å². The lowest BCUT2D eigenvalue weighted by Gasteiger charge is -2.05. The molecule has 0 aliphatic heterocycles. The molecule has 0 aliphatic rings. The van der Waals surface area contributed by atoms with Crippen LogP contribution in [0.4, 0.5) is 5.13 Å². The summed E-state index contributed by atoms with van der Waals surface area (Å²) in [5, 5.41) is 4.64. The summed E-state index contributed by atoms with van der Waals surface area (Å²) >= 11 is 1.48. The van der Waals surface area contributed by atoms with Crippen molar-refractivity contribution in [2.75, 3.05) is 5.32 Å². The van der Waals surface area contributed by atoms with Crippen LogP contribution < -0.4 is 5.32 Å². The number of rotatable bonds is 3. The summed E-state index contributed by atoms with van der Waals surface area (Å²) in [5.41, 5.74) is 4.33. The Kier molecular flexibility index (Phi) is 3.74. The van der Waals surface area contributed by atoms with Gasteiger partial charge >= 0.3 is 0 Å². The van der Waals surface area contributed by atoms with Crippen molar-refractivity contribution in [3.05, 3.63) is 46.1 Å². The van der Waals surface area contributed by atoms with Crippen LogP contribution in [0.5, 0.6) is 0 Å². The third kappa shape index (κ3) is 2.41. The van der Waals surface area contributed by atoms with Crippen molar-refractivity contribution >= 4 is 33.3 Å². The van der Waals surface area contributed by atoms with Crippen molar-refractivity contribution in [1.29, 1.82) is 0 Å². The van der Waals surface area contributed by atoms with Gasteiger partial charge in [-0.3, -0.25) is 10.1 Å². The number of aryl methyl sites for hydroxylation is 3. The van der Waals surface area contributed by atoms with E-state index in [1.807, 2.05) is 25.1 Å². The van der Waals surface area contributed by atoms with Gasteiger partial charge in [-0.25, -0.2) is 4.98 Å². The molecule has 0 atom stereocenters. The predicted molar refractivity (Wildman–Crippen MR) is 91.9 cm³/mol. The molecule has 0 bridgehead atoms. The van der Waals surface area contributed by atoms with E-state index in [2.05, 4.69) is 35.6 Å². The highest BCUT2D eigenvalue weighted by molar-refractivity contribution is 7.15. The quantitative estimate of drug-likeness (QED) is 0.784. The highest BCUT2D eigenvalue weighted by atomic mass is 32.1. The maximum Gasteiger partial charge on any atom is 0.257 e. The van der Waals surface area contributed by atoms with E-state index < -0.39 is 0 Å². The zero-order valence-corrected chi connectivity index (χ0v) is 14.0. The number of amides is 1. The molecule has 0 radical (unpaired) electrons. The van der Waals surface area contributed by atoms with Crippen molar-refractivity contribution in [2.24, 2.45) is 0 Å². The number of carbonyl (C=O) groups excluding carboxylic acids is 1. The van der Waals surface area contributed by atoms with Crippen LogP contribution in [0.1, 0.15) is 33.4 Å². The van der Waals surface area contributed by atoms with E-state index in [1.54, 1.807) is 6.20 Å².